The molecule has 0 saturated carbocycles. The van der Waals surface area contributed by atoms with Crippen LogP contribution in [0.1, 0.15) is 0 Å². The van der Waals surface area contributed by atoms with Crippen molar-refractivity contribution in [1.82, 2.24) is 0 Å². The Hall–Kier alpha value is -1.05. The van der Waals surface area contributed by atoms with Crippen LogP contribution in [0, 0.1) is 0 Å². The molecule has 1 aliphatic heterocycles. The fourth-order valence-electron chi connectivity index (χ4n) is 0.425. The molecule has 0 bridgehead atoms. The monoisotopic (exact) mass is 96.0 g/mol. The van der Waals surface area contributed by atoms with E-state index in [0.717, 1.165) is 12.0 Å². The van der Waals surface area contributed by atoms with Gasteiger partial charge in [-0.1, -0.05) is 0 Å². The molecular weight excluding hydrogens is 90.1 g/mol. The van der Waals surface area contributed by atoms with Gasteiger partial charge in [0.15, 0.2) is 12.5 Å². The number of nitrogens with one attached hydrogen (secondary N) is 1. The molecule has 0 aromatic heterocycles. The topological polar surface area (TPSA) is 34.2 Å². The molecule has 1 heterocycles. The molecule has 7 heavy (non-hydrogen) atoms. The molecule has 1 rings (SSSR count). The van der Waals surface area contributed by atoms with Gasteiger partial charge in [0.2, 0.25) is 5.70 Å². The quantitative estimate of drug-likeness (QED) is 0.377. The maximum Gasteiger partial charge on any atom is 0.238 e. The molecular formula is C5H6NO+. The second-order valence-electron chi connectivity index (χ2n) is 1.25. The molecule has 36 valence electrons. The van der Waals surface area contributed by atoms with Crippen LogP contribution in [0.2, 0.25) is 0 Å². The van der Waals surface area contributed by atoms with Gasteiger partial charge >= 0.3 is 0 Å². The van der Waals surface area contributed by atoms with E-state index in [9.17, 15) is 0 Å². The molecule has 2 N–H and O–H groups in total. The lowest BCUT2D eigenvalue weighted by molar-refractivity contribution is -0.382. The Morgan fingerprint density at radius 2 is 2.57 bits per heavy atom. The summed E-state index contributed by atoms with van der Waals surface area (Å²) in [5, 5.41) is 8.27. The third-order valence-electron chi connectivity index (χ3n) is 0.761. The molecule has 0 radical (unpaired) electrons. The van der Waals surface area contributed by atoms with Crippen LogP contribution in [0.25, 0.3) is 0 Å². The lowest BCUT2D eigenvalue weighted by Crippen LogP contribution is -2.63. The first kappa shape index (κ1) is 4.12. The van der Waals surface area contributed by atoms with Crippen molar-refractivity contribution in [3.8, 4) is 0 Å². The number of rotatable bonds is 0. The summed E-state index contributed by atoms with van der Waals surface area (Å²) in [6.07, 6.45) is 6.38. The molecule has 0 aromatic carbocycles. The SMILES string of the molecule is O/C=C1\C=CC=[NH+]1. The number of hydrogen-bond donors (Lipinski definition) is 2. The van der Waals surface area contributed by atoms with Crippen LogP contribution in [0.3, 0.4) is 0 Å². The lowest BCUT2D eigenvalue weighted by atomic mass is 10.5. The van der Waals surface area contributed by atoms with Gasteiger partial charge in [-0.3, -0.25) is 0 Å². The Balaban J connectivity index is 2.79. The van der Waals surface area contributed by atoms with Gasteiger partial charge in [-0.25, -0.2) is 4.99 Å². The molecule has 0 unspecified atom stereocenters. The molecule has 2 nitrogen and oxygen atoms in total. The fraction of sp³-hybridized carbons (Fsp3) is 0. The first-order valence-corrected chi connectivity index (χ1v) is 2.04. The van der Waals surface area contributed by atoms with Crippen LogP contribution in [0.15, 0.2) is 24.1 Å². The average molecular weight is 96.1 g/mol. The van der Waals surface area contributed by atoms with Gasteiger partial charge in [-0.2, -0.15) is 0 Å². The van der Waals surface area contributed by atoms with Gasteiger partial charge in [-0.15, -0.1) is 0 Å². The van der Waals surface area contributed by atoms with Crippen LogP contribution in [-0.4, -0.2) is 11.3 Å². The Morgan fingerprint density at radius 1 is 1.71 bits per heavy atom. The molecule has 0 aromatic rings. The van der Waals surface area contributed by atoms with Crippen molar-refractivity contribution >= 4 is 6.21 Å². The van der Waals surface area contributed by atoms with E-state index in [4.69, 9.17) is 5.11 Å². The van der Waals surface area contributed by atoms with E-state index < -0.39 is 0 Å². The molecule has 0 spiro atoms. The molecule has 0 aliphatic carbocycles. The minimum atomic E-state index is 0.736. The number of aliphatic hydroxyl groups is 1. The minimum absolute atomic E-state index is 0.736. The molecule has 0 saturated heterocycles. The summed E-state index contributed by atoms with van der Waals surface area (Å²) in [4.78, 5) is 2.78. The summed E-state index contributed by atoms with van der Waals surface area (Å²) in [5.41, 5.74) is 0.736. The van der Waals surface area contributed by atoms with E-state index in [2.05, 4.69) is 4.99 Å². The van der Waals surface area contributed by atoms with Gasteiger partial charge in [0.1, 0.15) is 0 Å². The van der Waals surface area contributed by atoms with Crippen LogP contribution in [0.4, 0.5) is 0 Å². The van der Waals surface area contributed by atoms with E-state index in [1.165, 1.54) is 0 Å². The molecule has 2 heteroatoms. The summed E-state index contributed by atoms with van der Waals surface area (Å²) in [7, 11) is 0. The Bertz CT molecular complexity index is 130. The highest BCUT2D eigenvalue weighted by molar-refractivity contribution is 5.68. The van der Waals surface area contributed by atoms with Gasteiger partial charge in [0, 0.05) is 12.2 Å². The third-order valence-corrected chi connectivity index (χ3v) is 0.761. The van der Waals surface area contributed by atoms with Crippen LogP contribution in [0.5, 0.6) is 0 Å². The van der Waals surface area contributed by atoms with Crippen LogP contribution in [-0.2, 0) is 0 Å². The summed E-state index contributed by atoms with van der Waals surface area (Å²) in [5.74, 6) is 0. The smallest absolute Gasteiger partial charge is 0.238 e. The summed E-state index contributed by atoms with van der Waals surface area (Å²) in [6.45, 7) is 0. The highest BCUT2D eigenvalue weighted by Gasteiger charge is 1.96. The van der Waals surface area contributed by atoms with Gasteiger partial charge in [0.05, 0.1) is 0 Å². The Kier molecular flexibility index (Phi) is 0.941. The normalized spacial score (nSPS) is 22.0. The van der Waals surface area contributed by atoms with Gasteiger partial charge in [-0.05, 0) is 0 Å². The van der Waals surface area contributed by atoms with Crippen molar-refractivity contribution in [2.75, 3.05) is 0 Å². The second-order valence-corrected chi connectivity index (χ2v) is 1.25. The summed E-state index contributed by atoms with van der Waals surface area (Å²) >= 11 is 0. The molecule has 0 fully saturated rings. The van der Waals surface area contributed by atoms with Gasteiger partial charge in [0.25, 0.3) is 0 Å². The number of aliphatic hydroxyl groups excluding tert-OH is 1. The van der Waals surface area contributed by atoms with E-state index in [1.54, 1.807) is 12.3 Å². The number of hydrogen-bond acceptors (Lipinski definition) is 1. The van der Waals surface area contributed by atoms with Crippen LogP contribution < -0.4 is 4.99 Å². The average Bonchev–Trinajstić information content (AvgIpc) is 2.14. The standard InChI is InChI=1S/C5H5NO/c7-4-5-2-1-3-6-5/h1-4,7H/p+1/b5-4+. The zero-order valence-electron chi connectivity index (χ0n) is 3.76. The lowest BCUT2D eigenvalue weighted by Gasteiger charge is -1.69. The van der Waals surface area contributed by atoms with Crippen molar-refractivity contribution in [3.05, 3.63) is 24.1 Å². The van der Waals surface area contributed by atoms with Crippen molar-refractivity contribution in [1.29, 1.82) is 0 Å². The van der Waals surface area contributed by atoms with Crippen molar-refractivity contribution in [2.24, 2.45) is 0 Å². The Morgan fingerprint density at radius 3 is 2.86 bits per heavy atom. The Labute approximate surface area is 41.5 Å². The first-order valence-electron chi connectivity index (χ1n) is 2.04. The maximum absolute atomic E-state index is 8.27. The highest BCUT2D eigenvalue weighted by atomic mass is 16.2. The second kappa shape index (κ2) is 1.60. The predicted octanol–water partition coefficient (Wildman–Crippen LogP) is -0.893. The van der Waals surface area contributed by atoms with E-state index in [-0.39, 0.29) is 0 Å². The van der Waals surface area contributed by atoms with E-state index >= 15 is 0 Å². The summed E-state index contributed by atoms with van der Waals surface area (Å²) in [6, 6.07) is 0. The van der Waals surface area contributed by atoms with Crippen LogP contribution >= 0.6 is 0 Å². The van der Waals surface area contributed by atoms with Crippen molar-refractivity contribution in [2.45, 2.75) is 0 Å². The minimum Gasteiger partial charge on any atom is -0.509 e. The first-order chi connectivity index (χ1) is 3.43. The maximum atomic E-state index is 8.27. The zero-order chi connectivity index (χ0) is 5.11. The largest absolute Gasteiger partial charge is 0.509 e. The van der Waals surface area contributed by atoms with Crippen molar-refractivity contribution in [3.63, 3.8) is 0 Å². The zero-order valence-corrected chi connectivity index (χ0v) is 3.76. The van der Waals surface area contributed by atoms with E-state index in [0.29, 0.717) is 0 Å². The number of allylic oxidation sites excluding steroid dienone is 2. The van der Waals surface area contributed by atoms with Gasteiger partial charge < -0.3 is 5.11 Å². The third kappa shape index (κ3) is 0.682. The molecule has 1 aliphatic rings. The van der Waals surface area contributed by atoms with Crippen molar-refractivity contribution < 1.29 is 10.1 Å². The highest BCUT2D eigenvalue weighted by Crippen LogP contribution is 1.81. The van der Waals surface area contributed by atoms with E-state index in [1.807, 2.05) is 6.08 Å². The molecule has 0 amide bonds. The predicted molar refractivity (Wildman–Crippen MR) is 26.9 cm³/mol. The molecule has 0 atom stereocenters. The fourth-order valence-corrected chi connectivity index (χ4v) is 0.425. The summed E-state index contributed by atoms with van der Waals surface area (Å²) < 4.78 is 0.